The molecule has 0 heterocycles. The number of carbonyl (C=O) groups is 2. The summed E-state index contributed by atoms with van der Waals surface area (Å²) in [5.74, 6) is -0.583. The van der Waals surface area contributed by atoms with E-state index in [9.17, 15) is 9.59 Å². The number of ether oxygens (including phenoxy) is 3. The first-order valence-corrected chi connectivity index (χ1v) is 25.7. The molecule has 64 heavy (non-hydrogen) atoms. The highest BCUT2D eigenvalue weighted by molar-refractivity contribution is 5.71. The molecule has 0 rings (SSSR count). The van der Waals surface area contributed by atoms with E-state index in [4.69, 9.17) is 14.2 Å². The fourth-order valence-electron chi connectivity index (χ4n) is 6.48. The van der Waals surface area contributed by atoms with Crippen LogP contribution in [0.4, 0.5) is 0 Å². The molecule has 0 amide bonds. The maximum absolute atomic E-state index is 12.8. The number of allylic oxidation sites excluding steroid dienone is 21. The highest BCUT2D eigenvalue weighted by Crippen LogP contribution is 2.14. The van der Waals surface area contributed by atoms with Gasteiger partial charge in [-0.05, 0) is 89.9 Å². The van der Waals surface area contributed by atoms with Crippen molar-refractivity contribution in [3.8, 4) is 0 Å². The standard InChI is InChI=1S/C59H94O5/c1-4-7-10-13-16-19-22-25-27-28-29-30-31-33-36-39-42-45-48-51-54-62-55-57(64-59(61)53-50-47-44-41-38-34-24-21-18-15-12-9-6-3)56-63-58(60)52-49-46-43-40-37-35-32-26-23-20-17-14-11-8-5-2/h7-8,10-11,16-17,19-20,25-27,29-30,32-33,36-37,40,42,45-46,49,57H,4-6,9,12-15,18,21-24,28,31,34-35,38-39,41,43-44,47-48,50-56H2,1-3H3/b10-7-,11-8-,19-16-,20-17-,27-25-,30-29-,32-26-,36-33-,40-37-,45-42-,49-46-. The van der Waals surface area contributed by atoms with Crippen molar-refractivity contribution in [2.45, 2.75) is 207 Å². The molecule has 0 fully saturated rings. The van der Waals surface area contributed by atoms with E-state index in [1.54, 1.807) is 0 Å². The lowest BCUT2D eigenvalue weighted by atomic mass is 10.0. The fraction of sp³-hybridized carbons (Fsp3) is 0.593. The number of esters is 2. The van der Waals surface area contributed by atoms with Crippen LogP contribution in [0.5, 0.6) is 0 Å². The van der Waals surface area contributed by atoms with Gasteiger partial charge in [0, 0.05) is 13.0 Å². The minimum Gasteiger partial charge on any atom is -0.461 e. The largest absolute Gasteiger partial charge is 0.461 e. The third-order valence-corrected chi connectivity index (χ3v) is 10.2. The van der Waals surface area contributed by atoms with Crippen LogP contribution in [0.3, 0.4) is 0 Å². The topological polar surface area (TPSA) is 61.8 Å². The SMILES string of the molecule is CC/C=C\C/C=C\C/C=C\C/C=C\C/C=C\C/C=C\CCCOCC(COC(=O)C/C=C\C/C=C\C/C=C\C/C=C\C/C=C\CC)OC(=O)CCCCCCCCCCCCCCC. The molecular weight excluding hydrogens is 789 g/mol. The zero-order valence-corrected chi connectivity index (χ0v) is 41.2. The summed E-state index contributed by atoms with van der Waals surface area (Å²) < 4.78 is 17.2. The number of hydrogen-bond donors (Lipinski definition) is 0. The lowest BCUT2D eigenvalue weighted by Crippen LogP contribution is -2.30. The van der Waals surface area contributed by atoms with Crippen LogP contribution in [-0.2, 0) is 23.8 Å². The minimum absolute atomic E-state index is 0.00103. The minimum atomic E-state index is -0.613. The van der Waals surface area contributed by atoms with Gasteiger partial charge >= 0.3 is 11.9 Å². The van der Waals surface area contributed by atoms with Crippen molar-refractivity contribution in [3.63, 3.8) is 0 Å². The first-order valence-electron chi connectivity index (χ1n) is 25.7. The van der Waals surface area contributed by atoms with Crippen LogP contribution >= 0.6 is 0 Å². The van der Waals surface area contributed by atoms with Gasteiger partial charge in [-0.25, -0.2) is 0 Å². The van der Waals surface area contributed by atoms with Crippen molar-refractivity contribution in [2.75, 3.05) is 19.8 Å². The van der Waals surface area contributed by atoms with Crippen LogP contribution in [-0.4, -0.2) is 37.9 Å². The third-order valence-electron chi connectivity index (χ3n) is 10.2. The molecule has 1 unspecified atom stereocenters. The van der Waals surface area contributed by atoms with E-state index >= 15 is 0 Å². The van der Waals surface area contributed by atoms with Gasteiger partial charge in [-0.3, -0.25) is 9.59 Å². The summed E-state index contributed by atoms with van der Waals surface area (Å²) in [6, 6.07) is 0. The summed E-state index contributed by atoms with van der Waals surface area (Å²) >= 11 is 0. The Kier molecular flexibility index (Phi) is 50.1. The van der Waals surface area contributed by atoms with E-state index in [0.29, 0.717) is 13.0 Å². The van der Waals surface area contributed by atoms with Gasteiger partial charge in [0.15, 0.2) is 6.10 Å². The Morgan fingerprint density at radius 2 is 0.734 bits per heavy atom. The Labute approximate surface area is 394 Å². The van der Waals surface area contributed by atoms with Crippen LogP contribution < -0.4 is 0 Å². The van der Waals surface area contributed by atoms with E-state index in [-0.39, 0.29) is 31.6 Å². The van der Waals surface area contributed by atoms with E-state index in [0.717, 1.165) is 103 Å². The molecule has 0 aliphatic carbocycles. The van der Waals surface area contributed by atoms with Crippen LogP contribution in [0, 0.1) is 0 Å². The second-order valence-electron chi connectivity index (χ2n) is 16.3. The Morgan fingerprint density at radius 3 is 1.14 bits per heavy atom. The van der Waals surface area contributed by atoms with E-state index in [1.165, 1.54) is 64.2 Å². The quantitative estimate of drug-likeness (QED) is 0.0346. The van der Waals surface area contributed by atoms with Crippen LogP contribution in [0.25, 0.3) is 0 Å². The normalized spacial score (nSPS) is 13.4. The number of rotatable bonds is 45. The predicted molar refractivity (Wildman–Crippen MR) is 278 cm³/mol. The molecule has 5 nitrogen and oxygen atoms in total. The molecule has 360 valence electrons. The van der Waals surface area contributed by atoms with Crippen molar-refractivity contribution in [3.05, 3.63) is 134 Å². The monoisotopic (exact) mass is 883 g/mol. The van der Waals surface area contributed by atoms with Crippen LogP contribution in [0.15, 0.2) is 134 Å². The van der Waals surface area contributed by atoms with Crippen molar-refractivity contribution in [2.24, 2.45) is 0 Å². The fourth-order valence-corrected chi connectivity index (χ4v) is 6.48. The molecule has 0 aromatic carbocycles. The maximum atomic E-state index is 12.8. The van der Waals surface area contributed by atoms with Gasteiger partial charge in [-0.1, -0.05) is 231 Å². The number of hydrogen-bond acceptors (Lipinski definition) is 5. The van der Waals surface area contributed by atoms with Crippen LogP contribution in [0.2, 0.25) is 0 Å². The Balaban J connectivity index is 4.50. The molecule has 0 spiro atoms. The average molecular weight is 883 g/mol. The Morgan fingerprint density at radius 1 is 0.375 bits per heavy atom. The average Bonchev–Trinajstić information content (AvgIpc) is 3.30. The molecule has 0 radical (unpaired) electrons. The van der Waals surface area contributed by atoms with Crippen molar-refractivity contribution in [1.82, 2.24) is 0 Å². The zero-order valence-electron chi connectivity index (χ0n) is 41.2. The molecule has 0 aromatic heterocycles. The first-order chi connectivity index (χ1) is 31.6. The molecule has 0 aromatic rings. The van der Waals surface area contributed by atoms with Gasteiger partial charge in [0.2, 0.25) is 0 Å². The van der Waals surface area contributed by atoms with Gasteiger partial charge < -0.3 is 14.2 Å². The van der Waals surface area contributed by atoms with E-state index in [2.05, 4.69) is 142 Å². The van der Waals surface area contributed by atoms with Crippen molar-refractivity contribution in [1.29, 1.82) is 0 Å². The maximum Gasteiger partial charge on any atom is 0.309 e. The number of unbranched alkanes of at least 4 members (excludes halogenated alkanes) is 13. The smallest absolute Gasteiger partial charge is 0.309 e. The second-order valence-corrected chi connectivity index (χ2v) is 16.3. The molecule has 0 aliphatic rings. The van der Waals surface area contributed by atoms with Gasteiger partial charge in [-0.15, -0.1) is 0 Å². The molecule has 0 aliphatic heterocycles. The summed E-state index contributed by atoms with van der Waals surface area (Å²) in [6.07, 6.45) is 76.4. The molecule has 1 atom stereocenters. The molecule has 5 heteroatoms. The summed E-state index contributed by atoms with van der Waals surface area (Å²) in [7, 11) is 0. The third kappa shape index (κ3) is 50.7. The molecule has 0 saturated carbocycles. The molecule has 0 saturated heterocycles. The van der Waals surface area contributed by atoms with E-state index < -0.39 is 6.10 Å². The zero-order chi connectivity index (χ0) is 46.3. The van der Waals surface area contributed by atoms with Crippen molar-refractivity contribution >= 4 is 11.9 Å². The van der Waals surface area contributed by atoms with Gasteiger partial charge in [0.05, 0.1) is 13.0 Å². The molecule has 0 bridgehead atoms. The second kappa shape index (κ2) is 53.4. The highest BCUT2D eigenvalue weighted by atomic mass is 16.6. The lowest BCUT2D eigenvalue weighted by molar-refractivity contribution is -0.162. The predicted octanol–water partition coefficient (Wildman–Crippen LogP) is 17.6. The molecular formula is C59H94O5. The van der Waals surface area contributed by atoms with Crippen LogP contribution in [0.1, 0.15) is 201 Å². The highest BCUT2D eigenvalue weighted by Gasteiger charge is 2.17. The number of carbonyl (C=O) groups excluding carboxylic acids is 2. The summed E-state index contributed by atoms with van der Waals surface area (Å²) in [4.78, 5) is 25.3. The van der Waals surface area contributed by atoms with Gasteiger partial charge in [-0.2, -0.15) is 0 Å². The Bertz CT molecular complexity index is 1370. The summed E-state index contributed by atoms with van der Waals surface area (Å²) in [5, 5.41) is 0. The van der Waals surface area contributed by atoms with Gasteiger partial charge in [0.25, 0.3) is 0 Å². The lowest BCUT2D eigenvalue weighted by Gasteiger charge is -2.18. The first kappa shape index (κ1) is 60.0. The van der Waals surface area contributed by atoms with Crippen molar-refractivity contribution < 1.29 is 23.8 Å². The van der Waals surface area contributed by atoms with E-state index in [1.807, 2.05) is 12.2 Å². The Hall–Kier alpha value is -3.96. The summed E-state index contributed by atoms with van der Waals surface area (Å²) in [6.45, 7) is 7.33. The van der Waals surface area contributed by atoms with Gasteiger partial charge in [0.1, 0.15) is 6.61 Å². The summed E-state index contributed by atoms with van der Waals surface area (Å²) in [5.41, 5.74) is 0. The molecule has 0 N–H and O–H groups in total.